The van der Waals surface area contributed by atoms with Crippen LogP contribution in [0.2, 0.25) is 0 Å². The molecule has 2 N–H and O–H groups in total. The lowest BCUT2D eigenvalue weighted by Gasteiger charge is -1.99. The molecule has 0 atom stereocenters. The first kappa shape index (κ1) is 11.1. The van der Waals surface area contributed by atoms with Crippen molar-refractivity contribution >= 4 is 17.0 Å². The number of phenolic OH excluding ortho intramolecular Hbond substituents is 1. The fourth-order valence-electron chi connectivity index (χ4n) is 1.39. The van der Waals surface area contributed by atoms with Crippen LogP contribution in [0.5, 0.6) is 11.6 Å². The summed E-state index contributed by atoms with van der Waals surface area (Å²) in [6, 6.07) is 3.55. The Morgan fingerprint density at radius 3 is 2.76 bits per heavy atom. The normalized spacial score (nSPS) is 11.0. The maximum absolute atomic E-state index is 12.1. The second kappa shape index (κ2) is 3.89. The van der Waals surface area contributed by atoms with Gasteiger partial charge < -0.3 is 14.9 Å². The number of alkyl halides is 2. The summed E-state index contributed by atoms with van der Waals surface area (Å²) < 4.78 is 28.7. The van der Waals surface area contributed by atoms with Crippen LogP contribution in [-0.2, 0) is 0 Å². The summed E-state index contributed by atoms with van der Waals surface area (Å²) in [4.78, 5) is 10.8. The van der Waals surface area contributed by atoms with Gasteiger partial charge in [0.2, 0.25) is 5.88 Å². The molecule has 0 aliphatic carbocycles. The summed E-state index contributed by atoms with van der Waals surface area (Å²) in [7, 11) is 0. The SMILES string of the molecule is O=C(O)n1nc(OC(F)F)c2ccc(O)cc21. The molecule has 2 rings (SSSR count). The van der Waals surface area contributed by atoms with Crippen molar-refractivity contribution in [2.75, 3.05) is 0 Å². The first-order chi connectivity index (χ1) is 7.99. The van der Waals surface area contributed by atoms with Gasteiger partial charge in [-0.2, -0.15) is 13.5 Å². The summed E-state index contributed by atoms with van der Waals surface area (Å²) in [6.07, 6.45) is -1.47. The quantitative estimate of drug-likeness (QED) is 0.842. The smallest absolute Gasteiger partial charge is 0.432 e. The Labute approximate surface area is 92.6 Å². The van der Waals surface area contributed by atoms with Crippen LogP contribution in [0.4, 0.5) is 13.6 Å². The van der Waals surface area contributed by atoms with E-state index in [-0.39, 0.29) is 16.7 Å². The summed E-state index contributed by atoms with van der Waals surface area (Å²) in [5, 5.41) is 21.4. The maximum atomic E-state index is 12.1. The summed E-state index contributed by atoms with van der Waals surface area (Å²) in [5.74, 6) is -0.708. The number of benzene rings is 1. The van der Waals surface area contributed by atoms with Gasteiger partial charge in [-0.25, -0.2) is 4.79 Å². The molecule has 1 heterocycles. The minimum atomic E-state index is -3.11. The molecular formula is C9H6F2N2O4. The number of phenols is 1. The van der Waals surface area contributed by atoms with Crippen LogP contribution in [0, 0.1) is 0 Å². The largest absolute Gasteiger partial charge is 0.508 e. The van der Waals surface area contributed by atoms with E-state index in [4.69, 9.17) is 5.11 Å². The lowest BCUT2D eigenvalue weighted by Crippen LogP contribution is -2.10. The van der Waals surface area contributed by atoms with E-state index in [9.17, 15) is 18.7 Å². The van der Waals surface area contributed by atoms with Crippen LogP contribution in [0.3, 0.4) is 0 Å². The Hall–Kier alpha value is -2.38. The Kier molecular flexibility index (Phi) is 2.54. The molecule has 0 saturated heterocycles. The number of aromatic nitrogens is 2. The average molecular weight is 244 g/mol. The third-order valence-electron chi connectivity index (χ3n) is 2.01. The first-order valence-electron chi connectivity index (χ1n) is 4.39. The molecule has 0 aliphatic rings. The van der Waals surface area contributed by atoms with E-state index >= 15 is 0 Å². The molecule has 0 amide bonds. The van der Waals surface area contributed by atoms with Crippen molar-refractivity contribution in [2.24, 2.45) is 0 Å². The van der Waals surface area contributed by atoms with Crippen LogP contribution in [0.25, 0.3) is 10.9 Å². The number of rotatable bonds is 2. The second-order valence-electron chi connectivity index (χ2n) is 3.08. The molecule has 0 fully saturated rings. The van der Waals surface area contributed by atoms with Gasteiger partial charge >= 0.3 is 12.7 Å². The molecule has 90 valence electrons. The number of carbonyl (C=O) groups is 1. The van der Waals surface area contributed by atoms with Gasteiger partial charge in [0.15, 0.2) is 0 Å². The van der Waals surface area contributed by atoms with Gasteiger partial charge in [0.25, 0.3) is 0 Å². The lowest BCUT2D eigenvalue weighted by molar-refractivity contribution is -0.0521. The zero-order valence-electron chi connectivity index (χ0n) is 8.17. The molecule has 0 radical (unpaired) electrons. The number of aromatic hydroxyl groups is 1. The highest BCUT2D eigenvalue weighted by Gasteiger charge is 2.18. The van der Waals surface area contributed by atoms with E-state index in [1.165, 1.54) is 12.1 Å². The third kappa shape index (κ3) is 1.96. The van der Waals surface area contributed by atoms with E-state index < -0.39 is 18.6 Å². The molecule has 1 aromatic heterocycles. The molecule has 0 spiro atoms. The summed E-state index contributed by atoms with van der Waals surface area (Å²) in [5.41, 5.74) is -0.0341. The highest BCUT2D eigenvalue weighted by Crippen LogP contribution is 2.28. The van der Waals surface area contributed by atoms with Gasteiger partial charge in [0, 0.05) is 6.07 Å². The van der Waals surface area contributed by atoms with Crippen molar-refractivity contribution in [1.29, 1.82) is 0 Å². The zero-order valence-corrected chi connectivity index (χ0v) is 8.17. The number of ether oxygens (including phenoxy) is 1. The number of fused-ring (bicyclic) bond motifs is 1. The topological polar surface area (TPSA) is 84.6 Å². The van der Waals surface area contributed by atoms with E-state index in [0.29, 0.717) is 4.68 Å². The van der Waals surface area contributed by atoms with E-state index in [1.807, 2.05) is 0 Å². The summed E-state index contributed by atoms with van der Waals surface area (Å²) in [6.45, 7) is -3.11. The Balaban J connectivity index is 2.66. The van der Waals surface area contributed by atoms with Crippen molar-refractivity contribution in [3.63, 3.8) is 0 Å². The standard InChI is InChI=1S/C9H6F2N2O4/c10-8(11)17-7-5-2-1-4(14)3-6(5)13(12-7)9(15)16/h1-3,8,14H,(H,15,16). The molecule has 2 aromatic rings. The zero-order chi connectivity index (χ0) is 12.6. The van der Waals surface area contributed by atoms with Gasteiger partial charge in [-0.15, -0.1) is 5.10 Å². The lowest BCUT2D eigenvalue weighted by atomic mass is 10.2. The molecule has 8 heteroatoms. The highest BCUT2D eigenvalue weighted by atomic mass is 19.3. The highest BCUT2D eigenvalue weighted by molar-refractivity contribution is 5.91. The molecule has 0 bridgehead atoms. The van der Waals surface area contributed by atoms with Crippen LogP contribution in [0.15, 0.2) is 18.2 Å². The molecule has 0 saturated carbocycles. The molecular weight excluding hydrogens is 238 g/mol. The second-order valence-corrected chi connectivity index (χ2v) is 3.08. The molecule has 6 nitrogen and oxygen atoms in total. The van der Waals surface area contributed by atoms with Gasteiger partial charge in [0.05, 0.1) is 10.9 Å². The van der Waals surface area contributed by atoms with Crippen molar-refractivity contribution in [3.05, 3.63) is 18.2 Å². The Bertz CT molecular complexity index is 582. The van der Waals surface area contributed by atoms with Gasteiger partial charge in [-0.1, -0.05) is 0 Å². The number of carboxylic acid groups (broad SMARTS) is 1. The first-order valence-corrected chi connectivity index (χ1v) is 4.39. The van der Waals surface area contributed by atoms with Crippen LogP contribution >= 0.6 is 0 Å². The number of nitrogens with zero attached hydrogens (tertiary/aromatic N) is 2. The number of hydrogen-bond donors (Lipinski definition) is 2. The Morgan fingerprint density at radius 1 is 1.47 bits per heavy atom. The fraction of sp³-hybridized carbons (Fsp3) is 0.111. The average Bonchev–Trinajstić information content (AvgIpc) is 2.55. The van der Waals surface area contributed by atoms with Crippen LogP contribution < -0.4 is 4.74 Å². The Morgan fingerprint density at radius 2 is 2.18 bits per heavy atom. The maximum Gasteiger partial charge on any atom is 0.432 e. The number of hydrogen-bond acceptors (Lipinski definition) is 4. The monoisotopic (exact) mass is 244 g/mol. The van der Waals surface area contributed by atoms with Gasteiger partial charge in [0.1, 0.15) is 5.75 Å². The van der Waals surface area contributed by atoms with Crippen molar-refractivity contribution in [2.45, 2.75) is 6.61 Å². The van der Waals surface area contributed by atoms with E-state index in [2.05, 4.69) is 9.84 Å². The van der Waals surface area contributed by atoms with Crippen molar-refractivity contribution < 1.29 is 28.5 Å². The molecule has 0 aliphatic heterocycles. The minimum absolute atomic E-state index is 0.0341. The fourth-order valence-corrected chi connectivity index (χ4v) is 1.39. The molecule has 17 heavy (non-hydrogen) atoms. The predicted molar refractivity (Wildman–Crippen MR) is 51.5 cm³/mol. The van der Waals surface area contributed by atoms with Crippen molar-refractivity contribution in [3.8, 4) is 11.6 Å². The number of halogens is 2. The summed E-state index contributed by atoms with van der Waals surface area (Å²) >= 11 is 0. The minimum Gasteiger partial charge on any atom is -0.508 e. The third-order valence-corrected chi connectivity index (χ3v) is 2.01. The molecule has 0 unspecified atom stereocenters. The van der Waals surface area contributed by atoms with Crippen LogP contribution in [0.1, 0.15) is 0 Å². The molecule has 1 aromatic carbocycles. The predicted octanol–water partition coefficient (Wildman–Crippen LogP) is 1.87. The van der Waals surface area contributed by atoms with E-state index in [1.54, 1.807) is 0 Å². The van der Waals surface area contributed by atoms with Gasteiger partial charge in [-0.05, 0) is 12.1 Å². The van der Waals surface area contributed by atoms with Crippen molar-refractivity contribution in [1.82, 2.24) is 9.78 Å². The van der Waals surface area contributed by atoms with Crippen LogP contribution in [-0.4, -0.2) is 32.7 Å². The van der Waals surface area contributed by atoms with E-state index in [0.717, 1.165) is 6.07 Å². The van der Waals surface area contributed by atoms with Gasteiger partial charge in [-0.3, -0.25) is 0 Å².